The van der Waals surface area contributed by atoms with E-state index in [0.717, 1.165) is 33.2 Å². The van der Waals surface area contributed by atoms with Crippen LogP contribution in [0.15, 0.2) is 79.0 Å². The summed E-state index contributed by atoms with van der Waals surface area (Å²) in [5.41, 5.74) is 4.67. The minimum Gasteiger partial charge on any atom is -0.465 e. The second kappa shape index (κ2) is 8.71. The number of amides is 1. The van der Waals surface area contributed by atoms with E-state index in [1.165, 1.54) is 7.11 Å². The van der Waals surface area contributed by atoms with Gasteiger partial charge in [-0.3, -0.25) is 4.79 Å². The third-order valence-electron chi connectivity index (χ3n) is 5.83. The second-order valence-electron chi connectivity index (χ2n) is 8.33. The number of H-pyrrole nitrogens is 1. The van der Waals surface area contributed by atoms with E-state index in [4.69, 9.17) is 4.74 Å². The Hall–Kier alpha value is -3.86. The Morgan fingerprint density at radius 2 is 1.66 bits per heavy atom. The quantitative estimate of drug-likeness (QED) is 0.416. The average Bonchev–Trinajstić information content (AvgIpc) is 3.27. The molecule has 0 unspecified atom stereocenters. The number of carbonyl (C=O) groups is 2. The zero-order valence-corrected chi connectivity index (χ0v) is 18.4. The molecule has 2 N–H and O–H groups in total. The maximum absolute atomic E-state index is 13.1. The van der Waals surface area contributed by atoms with Crippen molar-refractivity contribution in [3.05, 3.63) is 95.7 Å². The van der Waals surface area contributed by atoms with Crippen LogP contribution in [-0.4, -0.2) is 24.0 Å². The van der Waals surface area contributed by atoms with Gasteiger partial charge in [-0.25, -0.2) is 4.79 Å². The predicted octanol–water partition coefficient (Wildman–Crippen LogP) is 5.22. The van der Waals surface area contributed by atoms with Crippen LogP contribution in [0, 0.1) is 0 Å². The van der Waals surface area contributed by atoms with Gasteiger partial charge < -0.3 is 15.0 Å². The summed E-state index contributed by atoms with van der Waals surface area (Å²) in [4.78, 5) is 28.2. The standard InChI is InChI=1S/C27H26N2O3/c1-27(2,23-17-28-24-13-5-4-12-22(23)24)26(31)29-16-18-8-6-9-19(14-18)20-10-7-11-21(15-20)25(30)32-3/h4-15,17,28H,16H2,1-3H3,(H,29,31). The van der Waals surface area contributed by atoms with Gasteiger partial charge in [-0.15, -0.1) is 0 Å². The van der Waals surface area contributed by atoms with Gasteiger partial charge in [0.05, 0.1) is 18.1 Å². The van der Waals surface area contributed by atoms with Gasteiger partial charge >= 0.3 is 5.97 Å². The molecule has 162 valence electrons. The molecule has 1 heterocycles. The number of methoxy groups -OCH3 is 1. The van der Waals surface area contributed by atoms with Crippen molar-refractivity contribution >= 4 is 22.8 Å². The second-order valence-corrected chi connectivity index (χ2v) is 8.33. The Morgan fingerprint density at radius 1 is 0.938 bits per heavy atom. The van der Waals surface area contributed by atoms with Crippen LogP contribution >= 0.6 is 0 Å². The summed E-state index contributed by atoms with van der Waals surface area (Å²) < 4.78 is 4.82. The van der Waals surface area contributed by atoms with Crippen LogP contribution in [0.2, 0.25) is 0 Å². The molecular weight excluding hydrogens is 400 g/mol. The highest BCUT2D eigenvalue weighted by atomic mass is 16.5. The SMILES string of the molecule is COC(=O)c1cccc(-c2cccc(CNC(=O)C(C)(C)c3c[nH]c4ccccc34)c2)c1. The van der Waals surface area contributed by atoms with Crippen molar-refractivity contribution < 1.29 is 14.3 Å². The summed E-state index contributed by atoms with van der Waals surface area (Å²) in [6, 6.07) is 23.2. The highest BCUT2D eigenvalue weighted by Gasteiger charge is 2.31. The van der Waals surface area contributed by atoms with Crippen molar-refractivity contribution in [3.63, 3.8) is 0 Å². The molecular formula is C27H26N2O3. The monoisotopic (exact) mass is 426 g/mol. The molecule has 4 rings (SSSR count). The van der Waals surface area contributed by atoms with Crippen molar-refractivity contribution in [2.24, 2.45) is 0 Å². The number of nitrogens with one attached hydrogen (secondary N) is 2. The number of rotatable bonds is 6. The van der Waals surface area contributed by atoms with Crippen LogP contribution < -0.4 is 5.32 Å². The minimum absolute atomic E-state index is 0.0413. The van der Waals surface area contributed by atoms with Gasteiger partial charge in [-0.1, -0.05) is 48.5 Å². The lowest BCUT2D eigenvalue weighted by atomic mass is 9.83. The van der Waals surface area contributed by atoms with Crippen molar-refractivity contribution in [3.8, 4) is 11.1 Å². The Balaban J connectivity index is 1.51. The van der Waals surface area contributed by atoms with E-state index in [1.54, 1.807) is 6.07 Å². The van der Waals surface area contributed by atoms with Crippen LogP contribution in [-0.2, 0) is 21.5 Å². The fraction of sp³-hybridized carbons (Fsp3) is 0.185. The third-order valence-corrected chi connectivity index (χ3v) is 5.83. The molecule has 0 saturated heterocycles. The summed E-state index contributed by atoms with van der Waals surface area (Å²) in [5, 5.41) is 4.14. The predicted molar refractivity (Wildman–Crippen MR) is 126 cm³/mol. The number of carbonyl (C=O) groups excluding carboxylic acids is 2. The Bertz CT molecular complexity index is 1290. The summed E-state index contributed by atoms with van der Waals surface area (Å²) in [6.07, 6.45) is 1.92. The Kier molecular flexibility index (Phi) is 5.82. The molecule has 0 aliphatic rings. The Labute approximate surface area is 187 Å². The Morgan fingerprint density at radius 3 is 2.44 bits per heavy atom. The number of benzene rings is 3. The molecule has 0 bridgehead atoms. The molecule has 1 aromatic heterocycles. The first-order valence-corrected chi connectivity index (χ1v) is 10.5. The number of fused-ring (bicyclic) bond motifs is 1. The lowest BCUT2D eigenvalue weighted by Gasteiger charge is -2.23. The molecule has 0 atom stereocenters. The smallest absolute Gasteiger partial charge is 0.337 e. The highest BCUT2D eigenvalue weighted by Crippen LogP contribution is 2.31. The maximum atomic E-state index is 13.1. The van der Waals surface area contributed by atoms with E-state index in [0.29, 0.717) is 12.1 Å². The fourth-order valence-electron chi connectivity index (χ4n) is 3.92. The van der Waals surface area contributed by atoms with Crippen LogP contribution in [0.5, 0.6) is 0 Å². The first-order valence-electron chi connectivity index (χ1n) is 10.5. The number of aromatic nitrogens is 1. The molecule has 5 heteroatoms. The maximum Gasteiger partial charge on any atom is 0.337 e. The first-order chi connectivity index (χ1) is 15.4. The van der Waals surface area contributed by atoms with Gasteiger partial charge in [0.2, 0.25) is 5.91 Å². The molecule has 0 radical (unpaired) electrons. The summed E-state index contributed by atoms with van der Waals surface area (Å²) in [5.74, 6) is -0.407. The number of aromatic amines is 1. The molecule has 1 amide bonds. The van der Waals surface area contributed by atoms with Gasteiger partial charge in [0, 0.05) is 23.6 Å². The van der Waals surface area contributed by atoms with E-state index < -0.39 is 5.41 Å². The van der Waals surface area contributed by atoms with Gasteiger partial charge in [-0.05, 0) is 60.4 Å². The van der Waals surface area contributed by atoms with Gasteiger partial charge in [0.1, 0.15) is 0 Å². The lowest BCUT2D eigenvalue weighted by molar-refractivity contribution is -0.125. The number of hydrogen-bond donors (Lipinski definition) is 2. The third kappa shape index (κ3) is 4.14. The number of hydrogen-bond acceptors (Lipinski definition) is 3. The summed E-state index contributed by atoms with van der Waals surface area (Å²) in [6.45, 7) is 4.29. The fourth-order valence-corrected chi connectivity index (χ4v) is 3.92. The summed E-state index contributed by atoms with van der Waals surface area (Å²) in [7, 11) is 1.37. The van der Waals surface area contributed by atoms with Gasteiger partial charge in [0.25, 0.3) is 0 Å². The van der Waals surface area contributed by atoms with Gasteiger partial charge in [0.15, 0.2) is 0 Å². The lowest BCUT2D eigenvalue weighted by Crippen LogP contribution is -2.39. The summed E-state index contributed by atoms with van der Waals surface area (Å²) >= 11 is 0. The van der Waals surface area contributed by atoms with Crippen LogP contribution in [0.4, 0.5) is 0 Å². The van der Waals surface area contributed by atoms with E-state index in [1.807, 2.05) is 86.8 Å². The normalized spacial score (nSPS) is 11.3. The van der Waals surface area contributed by atoms with Crippen molar-refractivity contribution in [2.75, 3.05) is 7.11 Å². The number of ether oxygens (including phenoxy) is 1. The van der Waals surface area contributed by atoms with Crippen molar-refractivity contribution in [2.45, 2.75) is 25.8 Å². The average molecular weight is 427 g/mol. The van der Waals surface area contributed by atoms with E-state index in [9.17, 15) is 9.59 Å². The number of esters is 1. The number of para-hydroxylation sites is 1. The molecule has 0 fully saturated rings. The van der Waals surface area contributed by atoms with Crippen LogP contribution in [0.3, 0.4) is 0 Å². The largest absolute Gasteiger partial charge is 0.465 e. The van der Waals surface area contributed by atoms with E-state index in [2.05, 4.69) is 10.3 Å². The van der Waals surface area contributed by atoms with Crippen molar-refractivity contribution in [1.82, 2.24) is 10.3 Å². The van der Waals surface area contributed by atoms with E-state index in [-0.39, 0.29) is 11.9 Å². The molecule has 32 heavy (non-hydrogen) atoms. The molecule has 4 aromatic rings. The van der Waals surface area contributed by atoms with E-state index >= 15 is 0 Å². The van der Waals surface area contributed by atoms with Crippen LogP contribution in [0.1, 0.15) is 35.3 Å². The highest BCUT2D eigenvalue weighted by molar-refractivity contribution is 5.94. The zero-order chi connectivity index (χ0) is 22.7. The zero-order valence-electron chi connectivity index (χ0n) is 18.4. The molecule has 3 aromatic carbocycles. The minimum atomic E-state index is -0.688. The molecule has 0 aliphatic heterocycles. The topological polar surface area (TPSA) is 71.2 Å². The molecule has 0 spiro atoms. The molecule has 0 saturated carbocycles. The first kappa shape index (κ1) is 21.4. The van der Waals surface area contributed by atoms with Crippen molar-refractivity contribution in [1.29, 1.82) is 0 Å². The van der Waals surface area contributed by atoms with Crippen LogP contribution in [0.25, 0.3) is 22.0 Å². The molecule has 5 nitrogen and oxygen atoms in total. The molecule has 0 aliphatic carbocycles. The van der Waals surface area contributed by atoms with Gasteiger partial charge in [-0.2, -0.15) is 0 Å².